The first-order valence-corrected chi connectivity index (χ1v) is 10.6. The molecule has 2 aromatic heterocycles. The molecule has 0 saturated carbocycles. The molecule has 1 aromatic carbocycles. The van der Waals surface area contributed by atoms with E-state index in [2.05, 4.69) is 14.9 Å². The van der Waals surface area contributed by atoms with Crippen molar-refractivity contribution in [3.05, 3.63) is 54.7 Å². The normalized spacial score (nSPS) is 20.2. The van der Waals surface area contributed by atoms with Crippen LogP contribution < -0.4 is 4.90 Å². The summed E-state index contributed by atoms with van der Waals surface area (Å²) >= 11 is 0. The van der Waals surface area contributed by atoms with Crippen LogP contribution in [0.15, 0.2) is 49.1 Å². The molecule has 8 nitrogen and oxygen atoms in total. The highest BCUT2D eigenvalue weighted by atomic mass is 16.6. The number of piperidine rings is 1. The van der Waals surface area contributed by atoms with Crippen LogP contribution in [0.5, 0.6) is 5.75 Å². The number of phenols is 1. The number of rotatable bonds is 4. The highest BCUT2D eigenvalue weighted by Crippen LogP contribution is 2.44. The topological polar surface area (TPSA) is 93.4 Å². The molecular formula is C23H25N5O3. The maximum absolute atomic E-state index is 12.7. The van der Waals surface area contributed by atoms with E-state index in [1.165, 1.54) is 0 Å². The van der Waals surface area contributed by atoms with Crippen LogP contribution in [0.1, 0.15) is 25.0 Å². The average molecular weight is 419 g/mol. The number of aromatic nitrogens is 4. The molecule has 4 heterocycles. The Balaban J connectivity index is 1.31. The highest BCUT2D eigenvalue weighted by molar-refractivity contribution is 5.79. The van der Waals surface area contributed by atoms with Crippen LogP contribution in [0.2, 0.25) is 0 Å². The Kier molecular flexibility index (Phi) is 4.84. The summed E-state index contributed by atoms with van der Waals surface area (Å²) in [4.78, 5) is 28.2. The van der Waals surface area contributed by atoms with E-state index >= 15 is 0 Å². The van der Waals surface area contributed by atoms with Crippen molar-refractivity contribution >= 4 is 11.8 Å². The summed E-state index contributed by atoms with van der Waals surface area (Å²) in [6, 6.07) is 9.04. The van der Waals surface area contributed by atoms with E-state index < -0.39 is 5.41 Å². The second-order valence-electron chi connectivity index (χ2n) is 8.47. The number of aryl methyl sites for hydroxylation is 1. The SMILES string of the molecule is Cc1cc(N2CCC3(CC2)CC(Cn2ccnc2)OC3=O)nc(-c2ccccc2O)n1. The van der Waals surface area contributed by atoms with Gasteiger partial charge in [0.05, 0.1) is 23.9 Å². The molecule has 1 atom stereocenters. The van der Waals surface area contributed by atoms with E-state index in [0.29, 0.717) is 17.9 Å². The summed E-state index contributed by atoms with van der Waals surface area (Å²) < 4.78 is 7.67. The fourth-order valence-electron chi connectivity index (χ4n) is 4.64. The molecule has 2 saturated heterocycles. The van der Waals surface area contributed by atoms with Gasteiger partial charge in [-0.3, -0.25) is 4.79 Å². The van der Waals surface area contributed by atoms with Gasteiger partial charge in [0.15, 0.2) is 5.82 Å². The first kappa shape index (κ1) is 19.5. The van der Waals surface area contributed by atoms with Crippen LogP contribution in [0.3, 0.4) is 0 Å². The molecule has 1 spiro atoms. The fourth-order valence-corrected chi connectivity index (χ4v) is 4.64. The van der Waals surface area contributed by atoms with Crippen molar-refractivity contribution in [1.29, 1.82) is 0 Å². The van der Waals surface area contributed by atoms with Crippen molar-refractivity contribution in [2.75, 3.05) is 18.0 Å². The number of aromatic hydroxyl groups is 1. The van der Waals surface area contributed by atoms with Gasteiger partial charge in [0.1, 0.15) is 17.7 Å². The molecule has 1 N–H and O–H groups in total. The standard InChI is InChI=1S/C23H25N5O3/c1-16-12-20(26-21(25-16)18-4-2-3-5-19(18)29)28-9-6-23(7-10-28)13-17(31-22(23)30)14-27-11-8-24-15-27/h2-5,8,11-12,15,17,29H,6-7,9-10,13-14H2,1H3. The van der Waals surface area contributed by atoms with Crippen LogP contribution in [0, 0.1) is 12.3 Å². The van der Waals surface area contributed by atoms with Crippen LogP contribution in [-0.2, 0) is 16.1 Å². The predicted octanol–water partition coefficient (Wildman–Crippen LogP) is 2.96. The minimum absolute atomic E-state index is 0.0777. The highest BCUT2D eigenvalue weighted by Gasteiger charge is 2.50. The molecule has 8 heteroatoms. The van der Waals surface area contributed by atoms with E-state index in [9.17, 15) is 9.90 Å². The molecule has 1 unspecified atom stereocenters. The number of para-hydroxylation sites is 1. The maximum atomic E-state index is 12.7. The van der Waals surface area contributed by atoms with Crippen molar-refractivity contribution in [2.45, 2.75) is 38.8 Å². The van der Waals surface area contributed by atoms with Crippen LogP contribution in [0.4, 0.5) is 5.82 Å². The largest absolute Gasteiger partial charge is 0.507 e. The number of benzene rings is 1. The van der Waals surface area contributed by atoms with Crippen molar-refractivity contribution in [1.82, 2.24) is 19.5 Å². The lowest BCUT2D eigenvalue weighted by Gasteiger charge is -2.37. The first-order chi connectivity index (χ1) is 15.0. The lowest BCUT2D eigenvalue weighted by atomic mass is 9.76. The number of carbonyl (C=O) groups excluding carboxylic acids is 1. The van der Waals surface area contributed by atoms with Crippen molar-refractivity contribution in [3.8, 4) is 17.1 Å². The second-order valence-corrected chi connectivity index (χ2v) is 8.47. The Labute approximate surface area is 180 Å². The van der Waals surface area contributed by atoms with Gasteiger partial charge in [-0.1, -0.05) is 12.1 Å². The Bertz CT molecular complexity index is 1090. The minimum atomic E-state index is -0.412. The Morgan fingerprint density at radius 2 is 2.03 bits per heavy atom. The van der Waals surface area contributed by atoms with E-state index in [-0.39, 0.29) is 17.8 Å². The molecule has 0 aliphatic carbocycles. The third-order valence-corrected chi connectivity index (χ3v) is 6.33. The van der Waals surface area contributed by atoms with Gasteiger partial charge >= 0.3 is 5.97 Å². The van der Waals surface area contributed by atoms with E-state index in [0.717, 1.165) is 43.9 Å². The minimum Gasteiger partial charge on any atom is -0.507 e. The second kappa shape index (κ2) is 7.68. The molecular weight excluding hydrogens is 394 g/mol. The number of hydrogen-bond acceptors (Lipinski definition) is 7. The third-order valence-electron chi connectivity index (χ3n) is 6.33. The van der Waals surface area contributed by atoms with Gasteiger partial charge in [-0.2, -0.15) is 0 Å². The third kappa shape index (κ3) is 3.73. The number of anilines is 1. The number of hydrogen-bond donors (Lipinski definition) is 1. The number of cyclic esters (lactones) is 1. The summed E-state index contributed by atoms with van der Waals surface area (Å²) in [7, 11) is 0. The Morgan fingerprint density at radius 3 is 2.77 bits per heavy atom. The maximum Gasteiger partial charge on any atom is 0.312 e. The van der Waals surface area contributed by atoms with Gasteiger partial charge in [-0.25, -0.2) is 15.0 Å². The fraction of sp³-hybridized carbons (Fsp3) is 0.391. The molecule has 0 amide bonds. The zero-order valence-electron chi connectivity index (χ0n) is 17.4. The van der Waals surface area contributed by atoms with E-state index in [1.807, 2.05) is 35.9 Å². The molecule has 160 valence electrons. The summed E-state index contributed by atoms with van der Waals surface area (Å²) in [5.74, 6) is 1.41. The van der Waals surface area contributed by atoms with Gasteiger partial charge in [0.25, 0.3) is 0 Å². The van der Waals surface area contributed by atoms with E-state index in [4.69, 9.17) is 9.72 Å². The number of esters is 1. The smallest absolute Gasteiger partial charge is 0.312 e. The van der Waals surface area contributed by atoms with Crippen LogP contribution >= 0.6 is 0 Å². The van der Waals surface area contributed by atoms with Crippen LogP contribution in [-0.4, -0.2) is 49.8 Å². The quantitative estimate of drug-likeness (QED) is 0.650. The molecule has 5 rings (SSSR count). The zero-order chi connectivity index (χ0) is 21.4. The molecule has 2 fully saturated rings. The Hall–Kier alpha value is -3.42. The number of phenolic OH excluding ortho intramolecular Hbond substituents is 1. The molecule has 0 radical (unpaired) electrons. The summed E-state index contributed by atoms with van der Waals surface area (Å²) in [5.41, 5.74) is 1.04. The summed E-state index contributed by atoms with van der Waals surface area (Å²) in [5, 5.41) is 10.2. The van der Waals surface area contributed by atoms with Gasteiger partial charge in [-0.15, -0.1) is 0 Å². The van der Waals surface area contributed by atoms with Crippen molar-refractivity contribution in [3.63, 3.8) is 0 Å². The molecule has 2 aliphatic rings. The first-order valence-electron chi connectivity index (χ1n) is 10.6. The summed E-state index contributed by atoms with van der Waals surface area (Å²) in [6.45, 7) is 4.02. The average Bonchev–Trinajstić information content (AvgIpc) is 3.37. The van der Waals surface area contributed by atoms with Crippen molar-refractivity contribution in [2.24, 2.45) is 5.41 Å². The van der Waals surface area contributed by atoms with Crippen molar-refractivity contribution < 1.29 is 14.6 Å². The lowest BCUT2D eigenvalue weighted by Crippen LogP contribution is -2.43. The number of carbonyl (C=O) groups is 1. The lowest BCUT2D eigenvalue weighted by molar-refractivity contribution is -0.150. The molecule has 31 heavy (non-hydrogen) atoms. The molecule has 0 bridgehead atoms. The zero-order valence-corrected chi connectivity index (χ0v) is 17.4. The number of imidazole rings is 1. The van der Waals surface area contributed by atoms with Gasteiger partial charge < -0.3 is 19.3 Å². The van der Waals surface area contributed by atoms with Gasteiger partial charge in [0, 0.05) is 43.7 Å². The van der Waals surface area contributed by atoms with Gasteiger partial charge in [-0.05, 0) is 31.9 Å². The predicted molar refractivity (Wildman–Crippen MR) is 114 cm³/mol. The van der Waals surface area contributed by atoms with Gasteiger partial charge in [0.2, 0.25) is 0 Å². The molecule has 2 aliphatic heterocycles. The van der Waals surface area contributed by atoms with Crippen LogP contribution in [0.25, 0.3) is 11.4 Å². The van der Waals surface area contributed by atoms with E-state index in [1.54, 1.807) is 24.7 Å². The molecule has 3 aromatic rings. The number of ether oxygens (including phenoxy) is 1. The number of nitrogens with zero attached hydrogens (tertiary/aromatic N) is 5. The Morgan fingerprint density at radius 1 is 1.23 bits per heavy atom. The summed E-state index contributed by atoms with van der Waals surface area (Å²) in [6.07, 6.45) is 7.48. The monoisotopic (exact) mass is 419 g/mol.